The first-order chi connectivity index (χ1) is 10.2. The lowest BCUT2D eigenvalue weighted by molar-refractivity contribution is -0.141. The number of esters is 1. The zero-order chi connectivity index (χ0) is 16.5. The lowest BCUT2D eigenvalue weighted by Crippen LogP contribution is -2.41. The fraction of sp³-hybridized carbons (Fsp3) is 0.733. The molecule has 1 saturated heterocycles. The third-order valence-corrected chi connectivity index (χ3v) is 4.62. The Bertz CT molecular complexity index is 525. The maximum absolute atomic E-state index is 11.5. The van der Waals surface area contributed by atoms with E-state index in [4.69, 9.17) is 14.0 Å². The summed E-state index contributed by atoms with van der Waals surface area (Å²) in [5, 5.41) is 4.36. The van der Waals surface area contributed by atoms with Crippen molar-refractivity contribution < 1.29 is 18.8 Å². The molecule has 1 aliphatic rings. The number of rotatable bonds is 5. The summed E-state index contributed by atoms with van der Waals surface area (Å²) >= 11 is 0. The van der Waals surface area contributed by atoms with Crippen LogP contribution in [0, 0.1) is 0 Å². The van der Waals surface area contributed by atoms with Gasteiger partial charge in [-0.2, -0.15) is 5.10 Å². The molecule has 1 aromatic heterocycles. The second kappa shape index (κ2) is 6.04. The van der Waals surface area contributed by atoms with E-state index in [0.717, 1.165) is 11.9 Å². The molecule has 1 atom stereocenters. The molecule has 1 fully saturated rings. The van der Waals surface area contributed by atoms with E-state index in [-0.39, 0.29) is 23.2 Å². The summed E-state index contributed by atoms with van der Waals surface area (Å²) in [4.78, 5) is 11.5. The first kappa shape index (κ1) is 17.0. The average Bonchev–Trinajstić information content (AvgIpc) is 2.99. The minimum Gasteiger partial charge on any atom is -0.469 e. The zero-order valence-electron chi connectivity index (χ0n) is 14.3. The predicted octanol–water partition coefficient (Wildman–Crippen LogP) is 1.70. The van der Waals surface area contributed by atoms with E-state index in [1.54, 1.807) is 10.9 Å². The van der Waals surface area contributed by atoms with E-state index in [0.29, 0.717) is 6.42 Å². The highest BCUT2D eigenvalue weighted by atomic mass is 16.7. The Balaban J connectivity index is 2.13. The van der Waals surface area contributed by atoms with Crippen LogP contribution in [0.25, 0.3) is 0 Å². The molecule has 1 unspecified atom stereocenters. The third-order valence-electron chi connectivity index (χ3n) is 4.62. The number of carbonyl (C=O) groups excluding carboxylic acids is 1. The van der Waals surface area contributed by atoms with Gasteiger partial charge in [-0.25, -0.2) is 0 Å². The van der Waals surface area contributed by atoms with Gasteiger partial charge in [0.15, 0.2) is 0 Å². The highest BCUT2D eigenvalue weighted by molar-refractivity contribution is 6.62. The summed E-state index contributed by atoms with van der Waals surface area (Å²) in [6.45, 7) is 10.1. The van der Waals surface area contributed by atoms with E-state index >= 15 is 0 Å². The van der Waals surface area contributed by atoms with Crippen LogP contribution in [0.15, 0.2) is 12.4 Å². The smallest absolute Gasteiger partial charge is 0.469 e. The highest BCUT2D eigenvalue weighted by Gasteiger charge is 2.52. The number of carbonyl (C=O) groups is 1. The first-order valence-electron chi connectivity index (χ1n) is 7.66. The van der Waals surface area contributed by atoms with Crippen molar-refractivity contribution in [2.45, 2.75) is 64.7 Å². The Hall–Kier alpha value is -1.34. The second-order valence-corrected chi connectivity index (χ2v) is 6.68. The van der Waals surface area contributed by atoms with E-state index in [1.165, 1.54) is 7.11 Å². The van der Waals surface area contributed by atoms with E-state index < -0.39 is 7.12 Å². The van der Waals surface area contributed by atoms with Gasteiger partial charge >= 0.3 is 13.1 Å². The van der Waals surface area contributed by atoms with Gasteiger partial charge in [-0.05, 0) is 34.1 Å². The third kappa shape index (κ3) is 3.20. The number of aromatic nitrogens is 2. The van der Waals surface area contributed by atoms with Gasteiger partial charge in [0.2, 0.25) is 0 Å². The molecule has 6 nitrogen and oxygen atoms in total. The molecule has 0 amide bonds. The van der Waals surface area contributed by atoms with Crippen LogP contribution >= 0.6 is 0 Å². The molecule has 1 aromatic rings. The van der Waals surface area contributed by atoms with Crippen LogP contribution in [0.1, 0.15) is 53.5 Å². The lowest BCUT2D eigenvalue weighted by atomic mass is 9.82. The number of hydrogen-bond acceptors (Lipinski definition) is 5. The van der Waals surface area contributed by atoms with Crippen LogP contribution in [-0.2, 0) is 18.8 Å². The fourth-order valence-corrected chi connectivity index (χ4v) is 2.35. The fourth-order valence-electron chi connectivity index (χ4n) is 2.35. The van der Waals surface area contributed by atoms with Gasteiger partial charge in [0.05, 0.1) is 30.8 Å². The predicted molar refractivity (Wildman–Crippen MR) is 83.9 cm³/mol. The van der Waals surface area contributed by atoms with Crippen molar-refractivity contribution in [3.63, 3.8) is 0 Å². The van der Waals surface area contributed by atoms with Gasteiger partial charge in [-0.3, -0.25) is 9.48 Å². The van der Waals surface area contributed by atoms with Crippen molar-refractivity contribution in [1.29, 1.82) is 0 Å². The van der Waals surface area contributed by atoms with Crippen molar-refractivity contribution in [3.8, 4) is 0 Å². The molecule has 7 heteroatoms. The van der Waals surface area contributed by atoms with Crippen LogP contribution < -0.4 is 5.46 Å². The molecule has 2 heterocycles. The summed E-state index contributed by atoms with van der Waals surface area (Å²) in [6.07, 6.45) is 4.72. The van der Waals surface area contributed by atoms with Crippen LogP contribution in [0.5, 0.6) is 0 Å². The van der Waals surface area contributed by atoms with Crippen molar-refractivity contribution >= 4 is 18.6 Å². The maximum Gasteiger partial charge on any atom is 0.498 e. The summed E-state index contributed by atoms with van der Waals surface area (Å²) in [7, 11) is 0.961. The molecule has 0 spiro atoms. The van der Waals surface area contributed by atoms with Crippen LogP contribution in [0.2, 0.25) is 0 Å². The lowest BCUT2D eigenvalue weighted by Gasteiger charge is -2.32. The largest absolute Gasteiger partial charge is 0.498 e. The summed E-state index contributed by atoms with van der Waals surface area (Å²) in [6, 6.07) is -0.0244. The van der Waals surface area contributed by atoms with Gasteiger partial charge in [-0.15, -0.1) is 0 Å². The van der Waals surface area contributed by atoms with Crippen LogP contribution in [-0.4, -0.2) is 41.2 Å². The van der Waals surface area contributed by atoms with Crippen molar-refractivity contribution in [1.82, 2.24) is 9.78 Å². The number of methoxy groups -OCH3 is 1. The Kier molecular flexibility index (Phi) is 4.68. The topological polar surface area (TPSA) is 62.6 Å². The Labute approximate surface area is 132 Å². The molecule has 0 radical (unpaired) electrons. The molecular formula is C15H25BN2O4. The molecule has 2 rings (SSSR count). The van der Waals surface area contributed by atoms with Crippen molar-refractivity contribution in [3.05, 3.63) is 12.4 Å². The van der Waals surface area contributed by atoms with Gasteiger partial charge in [0, 0.05) is 17.9 Å². The molecule has 122 valence electrons. The van der Waals surface area contributed by atoms with Crippen LogP contribution in [0.4, 0.5) is 0 Å². The molecule has 1 aliphatic heterocycles. The second-order valence-electron chi connectivity index (χ2n) is 6.68. The quantitative estimate of drug-likeness (QED) is 0.612. The first-order valence-corrected chi connectivity index (χ1v) is 7.66. The monoisotopic (exact) mass is 308 g/mol. The van der Waals surface area contributed by atoms with Gasteiger partial charge < -0.3 is 14.0 Å². The Morgan fingerprint density at radius 3 is 2.45 bits per heavy atom. The Morgan fingerprint density at radius 1 is 1.36 bits per heavy atom. The Morgan fingerprint density at radius 2 is 1.95 bits per heavy atom. The van der Waals surface area contributed by atoms with Crippen molar-refractivity contribution in [2.75, 3.05) is 7.11 Å². The molecule has 22 heavy (non-hydrogen) atoms. The minimum absolute atomic E-state index is 0.0244. The van der Waals surface area contributed by atoms with Gasteiger partial charge in [0.25, 0.3) is 0 Å². The average molecular weight is 308 g/mol. The molecular weight excluding hydrogens is 283 g/mol. The van der Waals surface area contributed by atoms with E-state index in [2.05, 4.69) is 5.10 Å². The molecule has 0 aliphatic carbocycles. The summed E-state index contributed by atoms with van der Waals surface area (Å²) in [5.74, 6) is -0.237. The summed E-state index contributed by atoms with van der Waals surface area (Å²) in [5.41, 5.74) is 0.105. The van der Waals surface area contributed by atoms with Gasteiger partial charge in [-0.1, -0.05) is 6.92 Å². The minimum atomic E-state index is -0.436. The standard InChI is InChI=1S/C15H25BN2O4/c1-7-12(8-13(19)20-6)18-10-11(9-17-18)16-21-14(2,3)15(4,5)22-16/h9-10,12H,7-8H2,1-6H3. The zero-order valence-corrected chi connectivity index (χ0v) is 14.3. The SMILES string of the molecule is CCC(CC(=O)OC)n1cc(B2OC(C)(C)C(C)(C)O2)cn1. The molecule has 0 aromatic carbocycles. The van der Waals surface area contributed by atoms with E-state index in [9.17, 15) is 4.79 Å². The number of hydrogen-bond donors (Lipinski definition) is 0. The molecule has 0 N–H and O–H groups in total. The normalized spacial score (nSPS) is 20.9. The van der Waals surface area contributed by atoms with Crippen LogP contribution in [0.3, 0.4) is 0 Å². The highest BCUT2D eigenvalue weighted by Crippen LogP contribution is 2.36. The molecule has 0 bridgehead atoms. The number of ether oxygens (including phenoxy) is 1. The maximum atomic E-state index is 11.5. The summed E-state index contributed by atoms with van der Waals surface area (Å²) < 4.78 is 18.5. The molecule has 0 saturated carbocycles. The van der Waals surface area contributed by atoms with E-state index in [1.807, 2.05) is 40.8 Å². The van der Waals surface area contributed by atoms with Gasteiger partial charge in [0.1, 0.15) is 0 Å². The number of nitrogens with zero attached hydrogens (tertiary/aromatic N) is 2. The van der Waals surface area contributed by atoms with Crippen molar-refractivity contribution in [2.24, 2.45) is 0 Å².